The van der Waals surface area contributed by atoms with Crippen LogP contribution >= 0.6 is 11.3 Å². The molecule has 4 rings (SSSR count). The molecule has 0 saturated heterocycles. The number of esters is 1. The van der Waals surface area contributed by atoms with Crippen LogP contribution in [0.25, 0.3) is 10.7 Å². The Morgan fingerprint density at radius 2 is 2.11 bits per heavy atom. The Morgan fingerprint density at radius 1 is 1.35 bits per heavy atom. The molecule has 1 aliphatic carbocycles. The molecule has 8 nitrogen and oxygen atoms in total. The van der Waals surface area contributed by atoms with Gasteiger partial charge >= 0.3 is 5.97 Å². The van der Waals surface area contributed by atoms with Crippen molar-refractivity contribution in [2.45, 2.75) is 77.1 Å². The Balaban J connectivity index is 1.57. The van der Waals surface area contributed by atoms with Gasteiger partial charge in [-0.1, -0.05) is 26.7 Å². The topological polar surface area (TPSA) is 102 Å². The lowest BCUT2D eigenvalue weighted by molar-refractivity contribution is -0.141. The Labute approximate surface area is 223 Å². The Hall–Kier alpha value is -3.00. The molecule has 0 radical (unpaired) electrons. The first-order chi connectivity index (χ1) is 17.5. The van der Waals surface area contributed by atoms with E-state index in [0.29, 0.717) is 42.0 Å². The number of aromatic amines is 1. The summed E-state index contributed by atoms with van der Waals surface area (Å²) in [6.07, 6.45) is 10.1. The fraction of sp³-hybridized carbons (Fsp3) is 0.481. The van der Waals surface area contributed by atoms with Crippen LogP contribution in [0.4, 0.5) is 11.6 Å². The highest BCUT2D eigenvalue weighted by atomic mass is 32.1. The van der Waals surface area contributed by atoms with Gasteiger partial charge in [0, 0.05) is 42.1 Å². The van der Waals surface area contributed by atoms with E-state index in [1.54, 1.807) is 17.5 Å². The second kappa shape index (κ2) is 10.8. The SMILES string of the molecule is C#Cc1cnc(-c2ccc(C(CCOC(C)=O)O[Si](C)(C)C(C)(C)C)s2)nc1Nc1cc(C2CC2)[nH]n1. The van der Waals surface area contributed by atoms with Gasteiger partial charge in [-0.3, -0.25) is 9.89 Å². The second-order valence-electron chi connectivity index (χ2n) is 10.9. The van der Waals surface area contributed by atoms with Crippen molar-refractivity contribution in [3.63, 3.8) is 0 Å². The van der Waals surface area contributed by atoms with Gasteiger partial charge in [-0.15, -0.1) is 17.8 Å². The van der Waals surface area contributed by atoms with E-state index in [1.165, 1.54) is 19.8 Å². The maximum Gasteiger partial charge on any atom is 0.302 e. The number of nitrogens with one attached hydrogen (secondary N) is 2. The van der Waals surface area contributed by atoms with Crippen LogP contribution in [-0.2, 0) is 14.0 Å². The smallest absolute Gasteiger partial charge is 0.302 e. The molecule has 1 saturated carbocycles. The highest BCUT2D eigenvalue weighted by Crippen LogP contribution is 2.43. The van der Waals surface area contributed by atoms with E-state index in [-0.39, 0.29) is 17.1 Å². The minimum atomic E-state index is -2.07. The van der Waals surface area contributed by atoms with Gasteiger partial charge in [-0.05, 0) is 43.1 Å². The molecule has 10 heteroatoms. The van der Waals surface area contributed by atoms with E-state index in [1.807, 2.05) is 18.2 Å². The van der Waals surface area contributed by atoms with Gasteiger partial charge in [-0.2, -0.15) is 5.10 Å². The third-order valence-corrected chi connectivity index (χ3v) is 12.6. The van der Waals surface area contributed by atoms with E-state index in [2.05, 4.69) is 60.3 Å². The van der Waals surface area contributed by atoms with Crippen LogP contribution in [0.15, 0.2) is 24.4 Å². The lowest BCUT2D eigenvalue weighted by atomic mass is 10.2. The molecule has 1 atom stereocenters. The first-order valence-electron chi connectivity index (χ1n) is 12.5. The van der Waals surface area contributed by atoms with Gasteiger partial charge in [0.25, 0.3) is 0 Å². The van der Waals surface area contributed by atoms with Crippen LogP contribution in [0.5, 0.6) is 0 Å². The quantitative estimate of drug-likeness (QED) is 0.172. The van der Waals surface area contributed by atoms with Crippen molar-refractivity contribution >= 4 is 37.3 Å². The number of anilines is 2. The monoisotopic (exact) mass is 537 g/mol. The van der Waals surface area contributed by atoms with E-state index in [4.69, 9.17) is 20.6 Å². The molecule has 196 valence electrons. The average molecular weight is 538 g/mol. The van der Waals surface area contributed by atoms with Crippen LogP contribution in [0.2, 0.25) is 18.1 Å². The molecule has 3 aromatic rings. The molecule has 0 aromatic carbocycles. The number of aromatic nitrogens is 4. The molecular weight excluding hydrogens is 502 g/mol. The largest absolute Gasteiger partial charge is 0.466 e. The van der Waals surface area contributed by atoms with Crippen molar-refractivity contribution in [1.29, 1.82) is 0 Å². The number of nitrogens with zero attached hydrogens (tertiary/aromatic N) is 3. The molecule has 1 unspecified atom stereocenters. The van der Waals surface area contributed by atoms with Gasteiger partial charge < -0.3 is 14.5 Å². The van der Waals surface area contributed by atoms with Crippen molar-refractivity contribution in [3.8, 4) is 23.0 Å². The van der Waals surface area contributed by atoms with Gasteiger partial charge in [0.1, 0.15) is 0 Å². The Bertz CT molecular complexity index is 1300. The summed E-state index contributed by atoms with van der Waals surface area (Å²) < 4.78 is 12.0. The number of H-pyrrole nitrogens is 1. The first kappa shape index (κ1) is 27.0. The van der Waals surface area contributed by atoms with Gasteiger partial charge in [0.15, 0.2) is 25.8 Å². The van der Waals surface area contributed by atoms with Crippen molar-refractivity contribution in [1.82, 2.24) is 20.2 Å². The molecule has 1 fully saturated rings. The molecule has 2 N–H and O–H groups in total. The van der Waals surface area contributed by atoms with Gasteiger partial charge in [0.05, 0.1) is 23.2 Å². The summed E-state index contributed by atoms with van der Waals surface area (Å²) in [5.41, 5.74) is 1.69. The molecule has 0 amide bonds. The zero-order valence-electron chi connectivity index (χ0n) is 22.3. The number of terminal acetylenes is 1. The molecular formula is C27H35N5O3SSi. The van der Waals surface area contributed by atoms with Crippen LogP contribution in [0.3, 0.4) is 0 Å². The predicted octanol–water partition coefficient (Wildman–Crippen LogP) is 6.55. The van der Waals surface area contributed by atoms with Crippen LogP contribution < -0.4 is 5.32 Å². The zero-order valence-corrected chi connectivity index (χ0v) is 24.2. The molecule has 0 aliphatic heterocycles. The minimum Gasteiger partial charge on any atom is -0.466 e. The highest BCUT2D eigenvalue weighted by Gasteiger charge is 2.39. The minimum absolute atomic E-state index is 0.0488. The highest BCUT2D eigenvalue weighted by molar-refractivity contribution is 7.15. The summed E-state index contributed by atoms with van der Waals surface area (Å²) in [6, 6.07) is 6.06. The van der Waals surface area contributed by atoms with Crippen molar-refractivity contribution in [2.75, 3.05) is 11.9 Å². The van der Waals surface area contributed by atoms with Gasteiger partial charge in [0.2, 0.25) is 0 Å². The average Bonchev–Trinajstić information content (AvgIpc) is 3.36. The lowest BCUT2D eigenvalue weighted by Gasteiger charge is -2.39. The fourth-order valence-electron chi connectivity index (χ4n) is 3.57. The number of hydrogen-bond acceptors (Lipinski definition) is 8. The summed E-state index contributed by atoms with van der Waals surface area (Å²) in [4.78, 5) is 22.6. The summed E-state index contributed by atoms with van der Waals surface area (Å²) in [5.74, 6) is 4.73. The summed E-state index contributed by atoms with van der Waals surface area (Å²) in [5, 5.41) is 10.8. The number of rotatable bonds is 10. The Morgan fingerprint density at radius 3 is 2.76 bits per heavy atom. The third-order valence-electron chi connectivity index (χ3n) is 6.90. The van der Waals surface area contributed by atoms with Gasteiger partial charge in [-0.25, -0.2) is 9.97 Å². The number of thiophene rings is 1. The van der Waals surface area contributed by atoms with E-state index < -0.39 is 8.32 Å². The molecule has 37 heavy (non-hydrogen) atoms. The zero-order chi connectivity index (χ0) is 26.8. The first-order valence-corrected chi connectivity index (χ1v) is 16.3. The summed E-state index contributed by atoms with van der Waals surface area (Å²) in [6.45, 7) is 12.8. The molecule has 0 spiro atoms. The molecule has 3 heterocycles. The van der Waals surface area contributed by atoms with E-state index >= 15 is 0 Å². The molecule has 0 bridgehead atoms. The molecule has 1 aliphatic rings. The van der Waals surface area contributed by atoms with Crippen molar-refractivity contribution < 1.29 is 14.0 Å². The second-order valence-corrected chi connectivity index (χ2v) is 16.8. The third kappa shape index (κ3) is 6.66. The van der Waals surface area contributed by atoms with Crippen LogP contribution in [0, 0.1) is 12.3 Å². The standard InChI is InChI=1S/C27H35N5O3SSi/c1-8-18-16-28-26(30-25(18)29-24-15-20(31-32-24)19-9-10-19)23-12-11-22(36-23)21(13-14-34-17(2)33)35-37(6,7)27(3,4)5/h1,11-12,15-16,19,21H,9-10,13-14H2,2-7H3,(H2,28,29,30,31,32). The van der Waals surface area contributed by atoms with Crippen LogP contribution in [0.1, 0.15) is 75.1 Å². The number of carbonyl (C=O) groups excluding carboxylic acids is 1. The Kier molecular flexibility index (Phi) is 7.87. The number of ether oxygens (including phenoxy) is 1. The van der Waals surface area contributed by atoms with E-state index in [9.17, 15) is 4.79 Å². The summed E-state index contributed by atoms with van der Waals surface area (Å²) >= 11 is 1.58. The number of carbonyl (C=O) groups is 1. The van der Waals surface area contributed by atoms with Crippen LogP contribution in [-0.4, -0.2) is 41.1 Å². The molecule has 3 aromatic heterocycles. The van der Waals surface area contributed by atoms with Crippen molar-refractivity contribution in [3.05, 3.63) is 40.5 Å². The van der Waals surface area contributed by atoms with Crippen molar-refractivity contribution in [2.24, 2.45) is 0 Å². The summed E-state index contributed by atoms with van der Waals surface area (Å²) in [7, 11) is -2.07. The predicted molar refractivity (Wildman–Crippen MR) is 149 cm³/mol. The maximum atomic E-state index is 11.4. The lowest BCUT2D eigenvalue weighted by Crippen LogP contribution is -2.41. The normalized spacial score (nSPS) is 14.7. The number of hydrogen-bond donors (Lipinski definition) is 2. The fourth-order valence-corrected chi connectivity index (χ4v) is 5.98. The van der Waals surface area contributed by atoms with E-state index in [0.717, 1.165) is 15.4 Å². The maximum absolute atomic E-state index is 11.4.